The first-order valence-electron chi connectivity index (χ1n) is 9.33. The Morgan fingerprint density at radius 3 is 2.50 bits per heavy atom. The largest absolute Gasteiger partial charge is 0.345 e. The van der Waals surface area contributed by atoms with Gasteiger partial charge in [-0.25, -0.2) is 9.67 Å². The Hall–Kier alpha value is -3.15. The number of hydrogen-bond donors (Lipinski definition) is 1. The van der Waals surface area contributed by atoms with Gasteiger partial charge in [0.05, 0.1) is 15.7 Å². The van der Waals surface area contributed by atoms with Crippen molar-refractivity contribution in [2.45, 2.75) is 13.5 Å². The molecule has 3 aromatic carbocycles. The highest BCUT2D eigenvalue weighted by atomic mass is 35.5. The van der Waals surface area contributed by atoms with E-state index in [0.717, 1.165) is 16.7 Å². The summed E-state index contributed by atoms with van der Waals surface area (Å²) in [6, 6.07) is 22.7. The fourth-order valence-corrected chi connectivity index (χ4v) is 3.33. The van der Waals surface area contributed by atoms with Crippen LogP contribution >= 0.6 is 23.2 Å². The number of rotatable bonds is 5. The summed E-state index contributed by atoms with van der Waals surface area (Å²) >= 11 is 12.3. The predicted molar refractivity (Wildman–Crippen MR) is 119 cm³/mol. The van der Waals surface area contributed by atoms with Crippen LogP contribution in [0.1, 0.15) is 21.7 Å². The Kier molecular flexibility index (Phi) is 5.84. The molecule has 1 aromatic heterocycles. The van der Waals surface area contributed by atoms with E-state index in [-0.39, 0.29) is 11.7 Å². The fraction of sp³-hybridized carbons (Fsp3) is 0.0870. The van der Waals surface area contributed by atoms with Crippen molar-refractivity contribution in [3.05, 3.63) is 99.8 Å². The monoisotopic (exact) mass is 436 g/mol. The highest BCUT2D eigenvalue weighted by Gasteiger charge is 2.19. The number of nitrogens with zero attached hydrogens (tertiary/aromatic N) is 3. The van der Waals surface area contributed by atoms with Crippen molar-refractivity contribution in [2.75, 3.05) is 0 Å². The summed E-state index contributed by atoms with van der Waals surface area (Å²) in [7, 11) is 0. The molecule has 0 spiro atoms. The topological polar surface area (TPSA) is 59.8 Å². The molecule has 0 atom stereocenters. The van der Waals surface area contributed by atoms with Crippen LogP contribution < -0.4 is 5.32 Å². The molecule has 0 unspecified atom stereocenters. The van der Waals surface area contributed by atoms with Crippen molar-refractivity contribution >= 4 is 29.1 Å². The van der Waals surface area contributed by atoms with Crippen LogP contribution in [-0.4, -0.2) is 20.7 Å². The molecule has 0 aliphatic rings. The van der Waals surface area contributed by atoms with Crippen LogP contribution in [0.3, 0.4) is 0 Å². The molecule has 5 nitrogen and oxygen atoms in total. The summed E-state index contributed by atoms with van der Waals surface area (Å²) in [5.41, 5.74) is 3.58. The molecule has 0 saturated heterocycles. The zero-order valence-electron chi connectivity index (χ0n) is 16.1. The molecule has 150 valence electrons. The number of carbonyl (C=O) groups excluding carboxylic acids is 1. The number of halogens is 2. The van der Waals surface area contributed by atoms with Gasteiger partial charge in [-0.2, -0.15) is 0 Å². The third kappa shape index (κ3) is 4.37. The standard InChI is InChI=1S/C23H18Cl2N4O/c1-15-6-5-9-17(12-15)22-27-21(23(30)26-14-16-7-3-2-4-8-16)28-29(22)18-10-11-19(24)20(25)13-18/h2-13H,14H2,1H3,(H,26,30). The van der Waals surface area contributed by atoms with E-state index in [9.17, 15) is 4.79 Å². The summed E-state index contributed by atoms with van der Waals surface area (Å²) < 4.78 is 1.61. The maximum atomic E-state index is 12.7. The zero-order valence-corrected chi connectivity index (χ0v) is 17.7. The van der Waals surface area contributed by atoms with Crippen molar-refractivity contribution in [3.8, 4) is 17.1 Å². The number of aryl methyl sites for hydroxylation is 1. The summed E-state index contributed by atoms with van der Waals surface area (Å²) in [6.07, 6.45) is 0. The van der Waals surface area contributed by atoms with Gasteiger partial charge >= 0.3 is 0 Å². The van der Waals surface area contributed by atoms with Gasteiger partial charge in [0.2, 0.25) is 5.82 Å². The lowest BCUT2D eigenvalue weighted by atomic mass is 10.1. The van der Waals surface area contributed by atoms with Gasteiger partial charge in [0.25, 0.3) is 5.91 Å². The van der Waals surface area contributed by atoms with Crippen LogP contribution in [0.15, 0.2) is 72.8 Å². The molecule has 30 heavy (non-hydrogen) atoms. The van der Waals surface area contributed by atoms with E-state index in [1.165, 1.54) is 0 Å². The van der Waals surface area contributed by atoms with Gasteiger partial charge in [-0.15, -0.1) is 5.10 Å². The average molecular weight is 437 g/mol. The summed E-state index contributed by atoms with van der Waals surface area (Å²) in [4.78, 5) is 17.3. The maximum Gasteiger partial charge on any atom is 0.291 e. The quantitative estimate of drug-likeness (QED) is 0.450. The van der Waals surface area contributed by atoms with E-state index >= 15 is 0 Å². The van der Waals surface area contributed by atoms with Crippen molar-refractivity contribution < 1.29 is 4.79 Å². The molecule has 1 N–H and O–H groups in total. The fourth-order valence-electron chi connectivity index (χ4n) is 3.03. The molecular weight excluding hydrogens is 419 g/mol. The van der Waals surface area contributed by atoms with Crippen LogP contribution in [0.25, 0.3) is 17.1 Å². The Morgan fingerprint density at radius 1 is 0.967 bits per heavy atom. The number of nitrogens with one attached hydrogen (secondary N) is 1. The van der Waals surface area contributed by atoms with E-state index in [4.69, 9.17) is 23.2 Å². The molecule has 0 aliphatic carbocycles. The van der Waals surface area contributed by atoms with E-state index in [0.29, 0.717) is 28.1 Å². The van der Waals surface area contributed by atoms with Gasteiger partial charge < -0.3 is 5.32 Å². The molecule has 0 aliphatic heterocycles. The molecule has 7 heteroatoms. The van der Waals surface area contributed by atoms with Gasteiger partial charge in [0.15, 0.2) is 5.82 Å². The first-order chi connectivity index (χ1) is 14.5. The lowest BCUT2D eigenvalue weighted by molar-refractivity contribution is 0.0940. The van der Waals surface area contributed by atoms with Crippen molar-refractivity contribution in [2.24, 2.45) is 0 Å². The van der Waals surface area contributed by atoms with Crippen LogP contribution in [0.5, 0.6) is 0 Å². The van der Waals surface area contributed by atoms with Crippen LogP contribution in [0, 0.1) is 6.92 Å². The van der Waals surface area contributed by atoms with Crippen molar-refractivity contribution in [1.82, 2.24) is 20.1 Å². The Bertz CT molecular complexity index is 1210. The van der Waals surface area contributed by atoms with Crippen LogP contribution in [0.2, 0.25) is 10.0 Å². The maximum absolute atomic E-state index is 12.7. The predicted octanol–water partition coefficient (Wildman–Crippen LogP) is 5.48. The van der Waals surface area contributed by atoms with Gasteiger partial charge in [-0.1, -0.05) is 77.3 Å². The van der Waals surface area contributed by atoms with Crippen molar-refractivity contribution in [3.63, 3.8) is 0 Å². The summed E-state index contributed by atoms with van der Waals surface area (Å²) in [5.74, 6) is 0.266. The van der Waals surface area contributed by atoms with Crippen LogP contribution in [0.4, 0.5) is 0 Å². The van der Waals surface area contributed by atoms with E-state index < -0.39 is 0 Å². The highest BCUT2D eigenvalue weighted by Crippen LogP contribution is 2.27. The minimum atomic E-state index is -0.355. The Balaban J connectivity index is 1.71. The SMILES string of the molecule is Cc1cccc(-c2nc(C(=O)NCc3ccccc3)nn2-c2ccc(Cl)c(Cl)c2)c1. The second kappa shape index (κ2) is 8.69. The normalized spacial score (nSPS) is 10.8. The molecule has 1 heterocycles. The molecule has 0 fully saturated rings. The second-order valence-corrected chi connectivity index (χ2v) is 7.62. The molecule has 4 aromatic rings. The Labute approximate surface area is 184 Å². The number of hydrogen-bond acceptors (Lipinski definition) is 3. The third-order valence-electron chi connectivity index (χ3n) is 4.53. The third-order valence-corrected chi connectivity index (χ3v) is 5.27. The molecule has 0 saturated carbocycles. The molecule has 1 amide bonds. The number of aromatic nitrogens is 3. The highest BCUT2D eigenvalue weighted by molar-refractivity contribution is 6.42. The van der Waals surface area contributed by atoms with Gasteiger partial charge in [0, 0.05) is 12.1 Å². The zero-order chi connectivity index (χ0) is 21.1. The lowest BCUT2D eigenvalue weighted by Crippen LogP contribution is -2.24. The summed E-state index contributed by atoms with van der Waals surface area (Å²) in [6.45, 7) is 2.39. The number of carbonyl (C=O) groups is 1. The minimum absolute atomic E-state index is 0.0773. The Morgan fingerprint density at radius 2 is 1.77 bits per heavy atom. The smallest absolute Gasteiger partial charge is 0.291 e. The molecular formula is C23H18Cl2N4O. The number of amides is 1. The first kappa shape index (κ1) is 20.1. The van der Waals surface area contributed by atoms with Crippen molar-refractivity contribution in [1.29, 1.82) is 0 Å². The number of benzene rings is 3. The summed E-state index contributed by atoms with van der Waals surface area (Å²) in [5, 5.41) is 8.17. The van der Waals surface area contributed by atoms with Gasteiger partial charge in [-0.3, -0.25) is 4.79 Å². The lowest BCUT2D eigenvalue weighted by Gasteiger charge is -2.07. The minimum Gasteiger partial charge on any atom is -0.345 e. The van der Waals surface area contributed by atoms with E-state index in [1.807, 2.05) is 61.5 Å². The van der Waals surface area contributed by atoms with Gasteiger partial charge in [0.1, 0.15) is 0 Å². The molecule has 0 radical (unpaired) electrons. The van der Waals surface area contributed by atoms with Crippen LogP contribution in [-0.2, 0) is 6.54 Å². The average Bonchev–Trinajstić information content (AvgIpc) is 3.20. The van der Waals surface area contributed by atoms with E-state index in [1.54, 1.807) is 22.9 Å². The van der Waals surface area contributed by atoms with Gasteiger partial charge in [-0.05, 0) is 36.8 Å². The molecule has 0 bridgehead atoms. The first-order valence-corrected chi connectivity index (χ1v) is 10.1. The molecule has 4 rings (SSSR count). The van der Waals surface area contributed by atoms with E-state index in [2.05, 4.69) is 15.4 Å². The second-order valence-electron chi connectivity index (χ2n) is 6.81.